The van der Waals surface area contributed by atoms with Crippen molar-refractivity contribution in [1.82, 2.24) is 0 Å². The first-order chi connectivity index (χ1) is 6.60. The van der Waals surface area contributed by atoms with Gasteiger partial charge in [-0.2, -0.15) is 5.26 Å². The van der Waals surface area contributed by atoms with Crippen molar-refractivity contribution in [2.45, 2.75) is 0 Å². The normalized spacial score (nSPS) is 9.21. The molecular formula is C9H6BrNO3. The summed E-state index contributed by atoms with van der Waals surface area (Å²) in [7, 11) is 1.36. The number of hydrogen-bond donors (Lipinski definition) is 1. The Balaban J connectivity index is 3.41. The van der Waals surface area contributed by atoms with E-state index in [4.69, 9.17) is 15.1 Å². The van der Waals surface area contributed by atoms with Crippen LogP contribution in [0.3, 0.4) is 0 Å². The van der Waals surface area contributed by atoms with E-state index in [1.165, 1.54) is 19.2 Å². The van der Waals surface area contributed by atoms with Crippen molar-refractivity contribution in [1.29, 1.82) is 5.26 Å². The first-order valence-electron chi connectivity index (χ1n) is 3.61. The molecular weight excluding hydrogens is 250 g/mol. The Labute approximate surface area is 88.9 Å². The highest BCUT2D eigenvalue weighted by Crippen LogP contribution is 2.26. The zero-order valence-electron chi connectivity index (χ0n) is 7.24. The van der Waals surface area contributed by atoms with Gasteiger partial charge < -0.3 is 9.84 Å². The van der Waals surface area contributed by atoms with Gasteiger partial charge in [0.25, 0.3) is 0 Å². The van der Waals surface area contributed by atoms with Crippen LogP contribution in [0.1, 0.15) is 15.9 Å². The van der Waals surface area contributed by atoms with Gasteiger partial charge >= 0.3 is 5.97 Å². The molecule has 1 rings (SSSR count). The summed E-state index contributed by atoms with van der Waals surface area (Å²) in [6.07, 6.45) is 0. The van der Waals surface area contributed by atoms with Crippen molar-refractivity contribution in [3.8, 4) is 11.8 Å². The second-order valence-electron chi connectivity index (χ2n) is 2.45. The van der Waals surface area contributed by atoms with Crippen molar-refractivity contribution >= 4 is 21.9 Å². The Hall–Kier alpha value is -1.54. The number of rotatable bonds is 2. The third-order valence-corrected chi connectivity index (χ3v) is 2.30. The van der Waals surface area contributed by atoms with Crippen LogP contribution in [0.25, 0.3) is 0 Å². The van der Waals surface area contributed by atoms with Crippen LogP contribution in [-0.4, -0.2) is 18.2 Å². The lowest BCUT2D eigenvalue weighted by molar-refractivity contribution is 0.0693. The highest BCUT2D eigenvalue weighted by molar-refractivity contribution is 9.10. The summed E-state index contributed by atoms with van der Waals surface area (Å²) in [5.41, 5.74) is 0.366. The summed E-state index contributed by atoms with van der Waals surface area (Å²) in [5.74, 6) is -0.913. The maximum Gasteiger partial charge on any atom is 0.339 e. The van der Waals surface area contributed by atoms with Gasteiger partial charge in [-0.15, -0.1) is 0 Å². The first kappa shape index (κ1) is 10.5. The number of nitriles is 1. The number of nitrogens with zero attached hydrogens (tertiary/aromatic N) is 1. The molecule has 0 aromatic heterocycles. The minimum absolute atomic E-state index is 0.0263. The Bertz CT molecular complexity index is 423. The fourth-order valence-corrected chi connectivity index (χ4v) is 1.41. The Morgan fingerprint density at radius 2 is 2.29 bits per heavy atom. The molecule has 0 fully saturated rings. The first-order valence-corrected chi connectivity index (χ1v) is 4.40. The van der Waals surface area contributed by atoms with Crippen LogP contribution in [0.2, 0.25) is 0 Å². The van der Waals surface area contributed by atoms with Crippen LogP contribution in [0.5, 0.6) is 5.75 Å². The summed E-state index contributed by atoms with van der Waals surface area (Å²) in [5, 5.41) is 17.5. The smallest absolute Gasteiger partial charge is 0.339 e. The molecule has 0 heterocycles. The van der Waals surface area contributed by atoms with E-state index < -0.39 is 5.97 Å². The van der Waals surface area contributed by atoms with Crippen molar-refractivity contribution in [3.63, 3.8) is 0 Å². The van der Waals surface area contributed by atoms with E-state index in [-0.39, 0.29) is 11.3 Å². The summed E-state index contributed by atoms with van der Waals surface area (Å²) in [4.78, 5) is 10.7. The maximum absolute atomic E-state index is 10.7. The second-order valence-corrected chi connectivity index (χ2v) is 3.30. The van der Waals surface area contributed by atoms with Crippen molar-refractivity contribution in [2.75, 3.05) is 7.11 Å². The Kier molecular flexibility index (Phi) is 3.10. The van der Waals surface area contributed by atoms with Gasteiger partial charge in [-0.05, 0) is 28.1 Å². The van der Waals surface area contributed by atoms with Gasteiger partial charge in [0, 0.05) is 4.47 Å². The molecule has 1 aromatic rings. The fourth-order valence-electron chi connectivity index (χ4n) is 0.975. The van der Waals surface area contributed by atoms with Crippen molar-refractivity contribution in [3.05, 3.63) is 27.7 Å². The maximum atomic E-state index is 10.7. The molecule has 0 aliphatic carbocycles. The van der Waals surface area contributed by atoms with Crippen molar-refractivity contribution in [2.24, 2.45) is 0 Å². The predicted molar refractivity (Wildman–Crippen MR) is 52.4 cm³/mol. The molecule has 4 nitrogen and oxygen atoms in total. The zero-order chi connectivity index (χ0) is 10.7. The van der Waals surface area contributed by atoms with E-state index in [0.717, 1.165) is 0 Å². The largest absolute Gasteiger partial charge is 0.496 e. The van der Waals surface area contributed by atoms with Crippen molar-refractivity contribution < 1.29 is 14.6 Å². The van der Waals surface area contributed by atoms with Gasteiger partial charge in [0.05, 0.1) is 12.7 Å². The lowest BCUT2D eigenvalue weighted by atomic mass is 10.1. The number of methoxy groups -OCH3 is 1. The summed E-state index contributed by atoms with van der Waals surface area (Å²) >= 11 is 3.10. The molecule has 0 amide bonds. The van der Waals surface area contributed by atoms with Gasteiger partial charge in [-0.3, -0.25) is 0 Å². The van der Waals surface area contributed by atoms with Crippen LogP contribution in [0, 0.1) is 11.3 Å². The minimum Gasteiger partial charge on any atom is -0.496 e. The average molecular weight is 256 g/mol. The Morgan fingerprint density at radius 1 is 1.64 bits per heavy atom. The average Bonchev–Trinajstić information content (AvgIpc) is 2.17. The van der Waals surface area contributed by atoms with E-state index in [1.54, 1.807) is 0 Å². The lowest BCUT2D eigenvalue weighted by Crippen LogP contribution is -2.01. The summed E-state index contributed by atoms with van der Waals surface area (Å²) < 4.78 is 5.29. The number of carbonyl (C=O) groups is 1. The monoisotopic (exact) mass is 255 g/mol. The molecule has 0 radical (unpaired) electrons. The molecule has 0 bridgehead atoms. The van der Waals surface area contributed by atoms with E-state index in [9.17, 15) is 4.79 Å². The number of benzene rings is 1. The third-order valence-electron chi connectivity index (χ3n) is 1.64. The number of carboxylic acids is 1. The number of ether oxygens (including phenoxy) is 1. The van der Waals surface area contributed by atoms with Gasteiger partial charge in [0.15, 0.2) is 0 Å². The SMILES string of the molecule is COc1cc(C#N)c(Br)cc1C(=O)O. The standard InChI is InChI=1S/C9H6BrNO3/c1-14-8-2-5(4-11)7(10)3-6(8)9(12)13/h2-3H,1H3,(H,12,13). The lowest BCUT2D eigenvalue weighted by Gasteiger charge is -2.05. The topological polar surface area (TPSA) is 70.3 Å². The molecule has 0 saturated carbocycles. The van der Waals surface area contributed by atoms with E-state index in [2.05, 4.69) is 15.9 Å². The highest BCUT2D eigenvalue weighted by atomic mass is 79.9. The second kappa shape index (κ2) is 4.11. The number of carboxylic acid groups (broad SMARTS) is 1. The van der Waals surface area contributed by atoms with E-state index >= 15 is 0 Å². The van der Waals surface area contributed by atoms with Crippen LogP contribution < -0.4 is 4.74 Å². The molecule has 1 N–H and O–H groups in total. The highest BCUT2D eigenvalue weighted by Gasteiger charge is 2.14. The predicted octanol–water partition coefficient (Wildman–Crippen LogP) is 2.03. The van der Waals surface area contributed by atoms with Crippen LogP contribution in [-0.2, 0) is 0 Å². The van der Waals surface area contributed by atoms with Gasteiger partial charge in [-0.25, -0.2) is 4.79 Å². The molecule has 0 saturated heterocycles. The molecule has 5 heteroatoms. The van der Waals surface area contributed by atoms with E-state index in [0.29, 0.717) is 10.0 Å². The molecule has 0 unspecified atom stereocenters. The van der Waals surface area contributed by atoms with Crippen LogP contribution in [0.4, 0.5) is 0 Å². The molecule has 0 aliphatic rings. The molecule has 72 valence electrons. The van der Waals surface area contributed by atoms with Gasteiger partial charge in [0.1, 0.15) is 17.4 Å². The third kappa shape index (κ3) is 1.86. The molecule has 0 aliphatic heterocycles. The molecule has 1 aromatic carbocycles. The van der Waals surface area contributed by atoms with Gasteiger partial charge in [-0.1, -0.05) is 0 Å². The number of halogens is 1. The number of aromatic carboxylic acids is 1. The summed E-state index contributed by atoms with van der Waals surface area (Å²) in [6.45, 7) is 0. The van der Waals surface area contributed by atoms with Crippen LogP contribution >= 0.6 is 15.9 Å². The summed E-state index contributed by atoms with van der Waals surface area (Å²) in [6, 6.07) is 4.65. The fraction of sp³-hybridized carbons (Fsp3) is 0.111. The molecule has 0 spiro atoms. The van der Waals surface area contributed by atoms with Gasteiger partial charge in [0.2, 0.25) is 0 Å². The van der Waals surface area contributed by atoms with E-state index in [1.807, 2.05) is 6.07 Å². The van der Waals surface area contributed by atoms with Crippen LogP contribution in [0.15, 0.2) is 16.6 Å². The quantitative estimate of drug-likeness (QED) is 0.878. The number of hydrogen-bond acceptors (Lipinski definition) is 3. The molecule has 14 heavy (non-hydrogen) atoms. The minimum atomic E-state index is -1.09. The molecule has 0 atom stereocenters. The Morgan fingerprint density at radius 3 is 2.71 bits per heavy atom. The zero-order valence-corrected chi connectivity index (χ0v) is 8.83.